The van der Waals surface area contributed by atoms with Gasteiger partial charge in [-0.2, -0.15) is 0 Å². The molecule has 0 aliphatic carbocycles. The van der Waals surface area contributed by atoms with Crippen LogP contribution in [0.25, 0.3) is 0 Å². The van der Waals surface area contributed by atoms with E-state index < -0.39 is 5.97 Å². The molecule has 3 aliphatic rings. The predicted octanol–water partition coefficient (Wildman–Crippen LogP) is 4.85. The maximum absolute atomic E-state index is 11.1. The second kappa shape index (κ2) is 30.1. The average Bonchev–Trinajstić information content (AvgIpc) is 3.35. The maximum atomic E-state index is 11.1. The summed E-state index contributed by atoms with van der Waals surface area (Å²) in [6, 6.07) is 19.8. The van der Waals surface area contributed by atoms with Gasteiger partial charge in [0.15, 0.2) is 12.6 Å². The molecule has 3 fully saturated rings. The summed E-state index contributed by atoms with van der Waals surface area (Å²) in [5.41, 5.74) is 2.27. The van der Waals surface area contributed by atoms with Crippen LogP contribution in [0.5, 0.6) is 23.0 Å². The summed E-state index contributed by atoms with van der Waals surface area (Å²) in [5.74, 6) is 1.28. The zero-order valence-electron chi connectivity index (χ0n) is 38.5. The summed E-state index contributed by atoms with van der Waals surface area (Å²) in [6.07, 6.45) is 6.09. The number of phenols is 3. The van der Waals surface area contributed by atoms with Crippen LogP contribution in [0.2, 0.25) is 5.15 Å². The zero-order valence-corrected chi connectivity index (χ0v) is 39.3. The second-order valence-corrected chi connectivity index (χ2v) is 15.9. The molecule has 0 bridgehead atoms. The molecule has 19 heteroatoms. The minimum absolute atomic E-state index is 0. The summed E-state index contributed by atoms with van der Waals surface area (Å²) >= 11 is 5.59. The van der Waals surface area contributed by atoms with Gasteiger partial charge in [-0.05, 0) is 69.7 Å². The van der Waals surface area contributed by atoms with E-state index in [0.717, 1.165) is 88.2 Å². The summed E-state index contributed by atoms with van der Waals surface area (Å²) in [5, 5.41) is 40.2. The van der Waals surface area contributed by atoms with Crippen LogP contribution in [0.1, 0.15) is 49.6 Å². The molecule has 368 valence electrons. The molecule has 68 heavy (non-hydrogen) atoms. The molecule has 5 aromatic rings. The first-order chi connectivity index (χ1) is 32.4. The van der Waals surface area contributed by atoms with E-state index in [1.54, 1.807) is 36.7 Å². The van der Waals surface area contributed by atoms with Crippen LogP contribution in [-0.2, 0) is 18.0 Å². The molecule has 0 spiro atoms. The Morgan fingerprint density at radius 1 is 0.647 bits per heavy atom. The third kappa shape index (κ3) is 17.7. The number of likely N-dealkylation sites (N-methyl/N-ethyl adjacent to an activating group) is 3. The van der Waals surface area contributed by atoms with E-state index in [0.29, 0.717) is 24.9 Å². The van der Waals surface area contributed by atoms with E-state index in [1.807, 2.05) is 24.3 Å². The number of hydrogen-bond donors (Lipinski definition) is 5. The fourth-order valence-electron chi connectivity index (χ4n) is 6.72. The Hall–Kier alpha value is -6.41. The molecule has 6 heterocycles. The maximum Gasteiger partial charge on any atom is 0.341 e. The highest BCUT2D eigenvalue weighted by molar-refractivity contribution is 6.32. The molecular formula is C49H66ClN9O9. The summed E-state index contributed by atoms with van der Waals surface area (Å²) in [4.78, 5) is 56.1. The molecule has 0 unspecified atom stereocenters. The number of ether oxygens (including phenoxy) is 2. The Balaban J connectivity index is 0.000000240. The van der Waals surface area contributed by atoms with Gasteiger partial charge in [-0.25, -0.2) is 19.7 Å². The van der Waals surface area contributed by atoms with Gasteiger partial charge < -0.3 is 59.7 Å². The van der Waals surface area contributed by atoms with E-state index in [-0.39, 0.29) is 53.1 Å². The quantitative estimate of drug-likeness (QED) is 0.0758. The van der Waals surface area contributed by atoms with Crippen molar-refractivity contribution in [1.29, 1.82) is 0 Å². The number of carbonyl (C=O) groups is 3. The number of benzene rings is 2. The van der Waals surface area contributed by atoms with Gasteiger partial charge in [0.05, 0.1) is 30.4 Å². The standard InChI is InChI=1S/C18H21N3O3.C11H17N3O.C7H6ClNO2.C7H6O3.C5H12N2.CH4/c1-20-8-10-21(11-9-20)18-14(4-3-7-19-18)13-24-17-6-2-5-16(23)15(17)12-22;1-13-5-7-14(8-6-13)11-10(9-15)3-2-4-12-11;1-11-7(10)5-3-2-4-9-6(5)8;8-4-5-6(9)2-1-3-7(5)10;1-7-4-2-6-3-5-7;/h2-7,12,23H,8-11,13H2,1H3;2-4,15H,5-9H2,1H3;2-4H,1H3;1-4,9-10H;6H,2-5H2,1H3;1H4. The van der Waals surface area contributed by atoms with Crippen LogP contribution in [0.4, 0.5) is 11.6 Å². The van der Waals surface area contributed by atoms with Crippen molar-refractivity contribution in [3.8, 4) is 23.0 Å². The van der Waals surface area contributed by atoms with Gasteiger partial charge in [-0.3, -0.25) is 9.59 Å². The Labute approximate surface area is 404 Å². The summed E-state index contributed by atoms with van der Waals surface area (Å²) < 4.78 is 10.2. The first-order valence-corrected chi connectivity index (χ1v) is 22.1. The highest BCUT2D eigenvalue weighted by atomic mass is 35.5. The molecule has 0 atom stereocenters. The van der Waals surface area contributed by atoms with Crippen molar-refractivity contribution in [2.45, 2.75) is 20.6 Å². The van der Waals surface area contributed by atoms with Crippen molar-refractivity contribution in [2.24, 2.45) is 0 Å². The number of anilines is 2. The van der Waals surface area contributed by atoms with E-state index in [1.165, 1.54) is 50.7 Å². The number of nitrogens with one attached hydrogen (secondary N) is 1. The molecule has 3 aliphatic heterocycles. The molecule has 0 amide bonds. The normalized spacial score (nSPS) is 14.9. The van der Waals surface area contributed by atoms with Crippen molar-refractivity contribution in [3.63, 3.8) is 0 Å². The smallest absolute Gasteiger partial charge is 0.341 e. The topological polar surface area (TPSA) is 217 Å². The molecule has 0 saturated carbocycles. The van der Waals surface area contributed by atoms with Gasteiger partial charge in [0.2, 0.25) is 0 Å². The lowest BCUT2D eigenvalue weighted by atomic mass is 10.2. The Bertz CT molecular complexity index is 2270. The molecule has 18 nitrogen and oxygen atoms in total. The minimum Gasteiger partial charge on any atom is -0.507 e. The molecule has 2 aromatic carbocycles. The first-order valence-electron chi connectivity index (χ1n) is 21.7. The number of phenolic OH excluding ortho intramolecular Hbond substituents is 3. The van der Waals surface area contributed by atoms with Crippen molar-refractivity contribution in [3.05, 3.63) is 124 Å². The van der Waals surface area contributed by atoms with Gasteiger partial charge in [0, 0.05) is 108 Å². The second-order valence-electron chi connectivity index (χ2n) is 15.5. The number of aromatic nitrogens is 3. The average molecular weight is 961 g/mol. The minimum atomic E-state index is -0.469. The van der Waals surface area contributed by atoms with E-state index in [2.05, 4.69) is 70.6 Å². The Kier molecular flexibility index (Phi) is 24.7. The lowest BCUT2D eigenvalue weighted by molar-refractivity contribution is 0.0600. The van der Waals surface area contributed by atoms with Gasteiger partial charge in [-0.15, -0.1) is 0 Å². The monoisotopic (exact) mass is 959 g/mol. The fourth-order valence-corrected chi connectivity index (χ4v) is 6.92. The summed E-state index contributed by atoms with van der Waals surface area (Å²) in [7, 11) is 7.69. The van der Waals surface area contributed by atoms with Crippen LogP contribution in [-0.4, -0.2) is 175 Å². The lowest BCUT2D eigenvalue weighted by Gasteiger charge is -2.34. The number of aromatic hydroxyl groups is 3. The molecular weight excluding hydrogens is 894 g/mol. The number of halogens is 1. The van der Waals surface area contributed by atoms with Gasteiger partial charge in [0.25, 0.3) is 0 Å². The number of esters is 1. The largest absolute Gasteiger partial charge is 0.507 e. The molecule has 8 rings (SSSR count). The highest BCUT2D eigenvalue weighted by Gasteiger charge is 2.20. The number of piperazine rings is 3. The van der Waals surface area contributed by atoms with Crippen LogP contribution < -0.4 is 19.9 Å². The van der Waals surface area contributed by atoms with Crippen molar-refractivity contribution in [1.82, 2.24) is 35.0 Å². The number of carbonyl (C=O) groups excluding carboxylic acids is 3. The van der Waals surface area contributed by atoms with Crippen molar-refractivity contribution < 1.29 is 44.3 Å². The lowest BCUT2D eigenvalue weighted by Crippen LogP contribution is -2.45. The molecule has 3 saturated heterocycles. The predicted molar refractivity (Wildman–Crippen MR) is 264 cm³/mol. The zero-order chi connectivity index (χ0) is 48.6. The van der Waals surface area contributed by atoms with Crippen LogP contribution in [0, 0.1) is 0 Å². The third-order valence-electron chi connectivity index (χ3n) is 10.7. The third-order valence-corrected chi connectivity index (χ3v) is 11.0. The van der Waals surface area contributed by atoms with Gasteiger partial charge >= 0.3 is 5.97 Å². The van der Waals surface area contributed by atoms with Crippen LogP contribution in [0.3, 0.4) is 0 Å². The van der Waals surface area contributed by atoms with E-state index in [9.17, 15) is 24.6 Å². The van der Waals surface area contributed by atoms with Crippen molar-refractivity contribution in [2.75, 3.05) is 117 Å². The Morgan fingerprint density at radius 3 is 1.56 bits per heavy atom. The number of hydrogen-bond acceptors (Lipinski definition) is 18. The van der Waals surface area contributed by atoms with Gasteiger partial charge in [-0.1, -0.05) is 43.3 Å². The number of aliphatic hydroxyl groups excluding tert-OH is 1. The molecule has 5 N–H and O–H groups in total. The number of pyridine rings is 3. The first kappa shape index (κ1) is 55.9. The van der Waals surface area contributed by atoms with E-state index >= 15 is 0 Å². The number of methoxy groups -OCH3 is 1. The number of aldehydes is 2. The Morgan fingerprint density at radius 2 is 1.10 bits per heavy atom. The SMILES string of the molecule is C.CN1CCN(c2ncccc2CO)CC1.CN1CCN(c2ncccc2COc2cccc(O)c2C=O)CC1.CN1CCNCC1.COC(=O)c1cccnc1Cl.O=Cc1c(O)cccc1O. The van der Waals surface area contributed by atoms with Crippen molar-refractivity contribution >= 4 is 41.8 Å². The highest BCUT2D eigenvalue weighted by Crippen LogP contribution is 2.28. The van der Waals surface area contributed by atoms with Crippen LogP contribution >= 0.6 is 11.6 Å². The fraction of sp³-hybridized carbons (Fsp3) is 0.388. The number of nitrogens with zero attached hydrogens (tertiary/aromatic N) is 8. The summed E-state index contributed by atoms with van der Waals surface area (Å²) in [6.45, 7) is 13.0. The van der Waals surface area contributed by atoms with Crippen LogP contribution in [0.15, 0.2) is 91.4 Å². The number of rotatable bonds is 9. The van der Waals surface area contributed by atoms with Gasteiger partial charge in [0.1, 0.15) is 46.4 Å². The number of aliphatic hydroxyl groups is 1. The molecule has 0 radical (unpaired) electrons. The van der Waals surface area contributed by atoms with E-state index in [4.69, 9.17) is 26.6 Å². The molecule has 3 aromatic heterocycles.